The van der Waals surface area contributed by atoms with E-state index in [-0.39, 0.29) is 14.5 Å². The van der Waals surface area contributed by atoms with Crippen molar-refractivity contribution in [3.63, 3.8) is 0 Å². The van der Waals surface area contributed by atoms with Gasteiger partial charge in [0.25, 0.3) is 0 Å². The SMILES string of the molecule is c1ccc(-c2c3ccccc3c(-c3ccc4c(c3)[se]c3c(-c5c6ccccc6c(-c6ccc7c(c6)oc6ccccc67)c6ccccc56)cccc34)c3ccccc23)cc1. The van der Waals surface area contributed by atoms with Crippen LogP contribution in [0.3, 0.4) is 0 Å². The molecule has 2 aromatic heterocycles. The molecule has 0 aliphatic carbocycles. The molecule has 278 valence electrons. The van der Waals surface area contributed by atoms with Crippen LogP contribution in [-0.2, 0) is 0 Å². The molecule has 0 saturated heterocycles. The number of para-hydroxylation sites is 1. The van der Waals surface area contributed by atoms with Gasteiger partial charge in [0.2, 0.25) is 0 Å². The molecule has 0 atom stereocenters. The summed E-state index contributed by atoms with van der Waals surface area (Å²) in [6.07, 6.45) is 0. The van der Waals surface area contributed by atoms with Crippen LogP contribution >= 0.6 is 0 Å². The Labute approximate surface area is 352 Å². The molecular formula is C58H34OSe. The summed E-state index contributed by atoms with van der Waals surface area (Å²) in [4.78, 5) is 0. The van der Waals surface area contributed by atoms with Gasteiger partial charge in [0.15, 0.2) is 0 Å². The minimum atomic E-state index is 0.0973. The maximum absolute atomic E-state index is 6.42. The number of hydrogen-bond acceptors (Lipinski definition) is 1. The number of benzene rings is 11. The van der Waals surface area contributed by atoms with Crippen molar-refractivity contribution >= 4 is 98.8 Å². The van der Waals surface area contributed by atoms with Gasteiger partial charge in [-0.1, -0.05) is 12.1 Å². The van der Waals surface area contributed by atoms with Gasteiger partial charge in [-0.25, -0.2) is 0 Å². The molecule has 0 spiro atoms. The standard InChI is InChI=1S/C58H34OSe/c1-2-15-35(16-3-1)54-41-18-4-6-20-43(41)56(44-21-7-5-19-42(44)54)37-30-32-40-49-26-14-27-50(58(49)60-53(40)34-37)57-47-24-10-8-22-45(47)55(46-23-9-11-25-48(46)57)36-29-31-39-38-17-12-13-28-51(38)59-52(39)33-36/h1-34H. The van der Waals surface area contributed by atoms with Gasteiger partial charge in [0, 0.05) is 0 Å². The van der Waals surface area contributed by atoms with Gasteiger partial charge in [0.1, 0.15) is 0 Å². The van der Waals surface area contributed by atoms with Crippen LogP contribution in [0, 0.1) is 0 Å². The van der Waals surface area contributed by atoms with E-state index in [1.54, 1.807) is 0 Å². The zero-order valence-electron chi connectivity index (χ0n) is 32.4. The fraction of sp³-hybridized carbons (Fsp3) is 0. The number of rotatable bonds is 4. The molecular weight excluding hydrogens is 792 g/mol. The molecule has 1 nitrogen and oxygen atoms in total. The summed E-state index contributed by atoms with van der Waals surface area (Å²) in [5.74, 6) is 0. The molecule has 0 N–H and O–H groups in total. The molecule has 13 aromatic rings. The third-order valence-corrected chi connectivity index (χ3v) is 15.2. The zero-order chi connectivity index (χ0) is 39.3. The minimum absolute atomic E-state index is 0.0973. The van der Waals surface area contributed by atoms with Crippen LogP contribution in [0.15, 0.2) is 211 Å². The normalized spacial score (nSPS) is 12.0. The van der Waals surface area contributed by atoms with Crippen LogP contribution in [0.4, 0.5) is 0 Å². The Morgan fingerprint density at radius 3 is 1.28 bits per heavy atom. The third-order valence-electron chi connectivity index (χ3n) is 12.6. The Kier molecular flexibility index (Phi) is 7.39. The summed E-state index contributed by atoms with van der Waals surface area (Å²) < 4.78 is 9.31. The van der Waals surface area contributed by atoms with Crippen molar-refractivity contribution in [2.75, 3.05) is 0 Å². The second-order valence-corrected chi connectivity index (χ2v) is 18.1. The summed E-state index contributed by atoms with van der Waals surface area (Å²) in [5.41, 5.74) is 12.0. The van der Waals surface area contributed by atoms with Gasteiger partial charge >= 0.3 is 342 Å². The van der Waals surface area contributed by atoms with Crippen LogP contribution in [0.5, 0.6) is 0 Å². The molecule has 0 fully saturated rings. The van der Waals surface area contributed by atoms with Crippen molar-refractivity contribution < 1.29 is 4.42 Å². The predicted molar refractivity (Wildman–Crippen MR) is 257 cm³/mol. The second-order valence-electron chi connectivity index (χ2n) is 15.9. The van der Waals surface area contributed by atoms with E-state index >= 15 is 0 Å². The van der Waals surface area contributed by atoms with Crippen molar-refractivity contribution in [2.45, 2.75) is 0 Å². The molecule has 0 bridgehead atoms. The van der Waals surface area contributed by atoms with Gasteiger partial charge in [-0.15, -0.1) is 0 Å². The van der Waals surface area contributed by atoms with Gasteiger partial charge < -0.3 is 0 Å². The molecule has 13 rings (SSSR count). The van der Waals surface area contributed by atoms with Crippen LogP contribution < -0.4 is 0 Å². The van der Waals surface area contributed by atoms with Crippen molar-refractivity contribution in [2.24, 2.45) is 0 Å². The monoisotopic (exact) mass is 826 g/mol. The van der Waals surface area contributed by atoms with Gasteiger partial charge in [-0.3, -0.25) is 0 Å². The molecule has 2 heteroatoms. The van der Waals surface area contributed by atoms with E-state index in [1.165, 1.54) is 107 Å². The molecule has 0 saturated carbocycles. The second kappa shape index (κ2) is 13.1. The quantitative estimate of drug-likeness (QED) is 0.127. The number of hydrogen-bond donors (Lipinski definition) is 0. The van der Waals surface area contributed by atoms with E-state index in [2.05, 4.69) is 200 Å². The van der Waals surface area contributed by atoms with Crippen molar-refractivity contribution in [3.8, 4) is 44.5 Å². The first-order chi connectivity index (χ1) is 29.8. The van der Waals surface area contributed by atoms with E-state index in [0.717, 1.165) is 21.9 Å². The van der Waals surface area contributed by atoms with Crippen molar-refractivity contribution in [1.82, 2.24) is 0 Å². The molecule has 60 heavy (non-hydrogen) atoms. The molecule has 11 aromatic carbocycles. The predicted octanol–water partition coefficient (Wildman–Crippen LogP) is 16.2. The number of furan rings is 1. The van der Waals surface area contributed by atoms with Crippen molar-refractivity contribution in [3.05, 3.63) is 206 Å². The van der Waals surface area contributed by atoms with E-state index in [1.807, 2.05) is 6.07 Å². The summed E-state index contributed by atoms with van der Waals surface area (Å²) >= 11 is 0.0973. The third kappa shape index (κ3) is 4.93. The van der Waals surface area contributed by atoms with E-state index in [9.17, 15) is 0 Å². The molecule has 0 aliphatic rings. The van der Waals surface area contributed by atoms with Crippen LogP contribution in [-0.4, -0.2) is 14.5 Å². The molecule has 0 radical (unpaired) electrons. The van der Waals surface area contributed by atoms with Crippen LogP contribution in [0.2, 0.25) is 0 Å². The van der Waals surface area contributed by atoms with Gasteiger partial charge in [-0.05, 0) is 0 Å². The Morgan fingerprint density at radius 1 is 0.267 bits per heavy atom. The summed E-state index contributed by atoms with van der Waals surface area (Å²) in [6.45, 7) is 0. The van der Waals surface area contributed by atoms with E-state index in [4.69, 9.17) is 4.42 Å². The van der Waals surface area contributed by atoms with Crippen molar-refractivity contribution in [1.29, 1.82) is 0 Å². The molecule has 0 aliphatic heterocycles. The first-order valence-corrected chi connectivity index (χ1v) is 22.3. The zero-order valence-corrected chi connectivity index (χ0v) is 34.2. The fourth-order valence-electron chi connectivity index (χ4n) is 10.1. The summed E-state index contributed by atoms with van der Waals surface area (Å²) in [5, 5.41) is 15.2. The topological polar surface area (TPSA) is 13.1 Å². The first kappa shape index (κ1) is 33.7. The summed E-state index contributed by atoms with van der Waals surface area (Å²) in [6, 6.07) is 76.1. The maximum atomic E-state index is 6.42. The molecule has 0 unspecified atom stereocenters. The Morgan fingerprint density at radius 2 is 0.700 bits per heavy atom. The fourth-order valence-corrected chi connectivity index (χ4v) is 12.8. The molecule has 0 amide bonds. The Bertz CT molecular complexity index is 3770. The van der Waals surface area contributed by atoms with E-state index in [0.29, 0.717) is 0 Å². The summed E-state index contributed by atoms with van der Waals surface area (Å²) in [7, 11) is 0. The van der Waals surface area contributed by atoms with Gasteiger partial charge in [0.05, 0.1) is 0 Å². The average Bonchev–Trinajstić information content (AvgIpc) is 3.88. The Hall–Kier alpha value is -7.22. The number of fused-ring (bicyclic) bond motifs is 10. The average molecular weight is 826 g/mol. The van der Waals surface area contributed by atoms with Crippen LogP contribution in [0.25, 0.3) is 129 Å². The van der Waals surface area contributed by atoms with Gasteiger partial charge in [-0.2, -0.15) is 0 Å². The Balaban J connectivity index is 1.04. The van der Waals surface area contributed by atoms with E-state index < -0.39 is 0 Å². The molecule has 2 heterocycles. The van der Waals surface area contributed by atoms with Crippen LogP contribution in [0.1, 0.15) is 0 Å². The first-order valence-electron chi connectivity index (χ1n) is 20.6.